The van der Waals surface area contributed by atoms with E-state index in [1.807, 2.05) is 6.07 Å². The molecule has 1 N–H and O–H groups in total. The Hall–Kier alpha value is -2.04. The number of phenols is 1. The molecular weight excluding hydrogens is 432 g/mol. The van der Waals surface area contributed by atoms with E-state index < -0.39 is 0 Å². The highest BCUT2D eigenvalue weighted by Crippen LogP contribution is 2.76. The lowest BCUT2D eigenvalue weighted by Crippen LogP contribution is -2.69. The number of fused-ring (bicyclic) bond motifs is 1. The van der Waals surface area contributed by atoms with E-state index in [2.05, 4.69) is 46.2 Å². The number of benzene rings is 2. The summed E-state index contributed by atoms with van der Waals surface area (Å²) in [4.78, 5) is 5.74. The van der Waals surface area contributed by atoms with Crippen molar-refractivity contribution in [3.05, 3.63) is 59.2 Å². The number of hydrogen-bond acceptors (Lipinski definition) is 4. The molecule has 8 rings (SSSR count). The second-order valence-corrected chi connectivity index (χ2v) is 12.7. The van der Waals surface area contributed by atoms with Gasteiger partial charge < -0.3 is 9.84 Å². The second kappa shape index (κ2) is 7.26. The Balaban J connectivity index is 1.26. The van der Waals surface area contributed by atoms with Gasteiger partial charge in [0.05, 0.1) is 7.11 Å². The van der Waals surface area contributed by atoms with Gasteiger partial charge in [-0.15, -0.1) is 0 Å². The van der Waals surface area contributed by atoms with Crippen molar-refractivity contribution in [1.82, 2.24) is 9.80 Å². The first kappa shape index (κ1) is 21.1. The summed E-state index contributed by atoms with van der Waals surface area (Å²) in [6, 6.07) is 16.7. The van der Waals surface area contributed by atoms with E-state index in [-0.39, 0.29) is 5.41 Å². The van der Waals surface area contributed by atoms with Crippen molar-refractivity contribution >= 4 is 0 Å². The minimum absolute atomic E-state index is 0.100. The van der Waals surface area contributed by atoms with Crippen molar-refractivity contribution in [2.75, 3.05) is 26.7 Å². The van der Waals surface area contributed by atoms with Crippen LogP contribution in [0.4, 0.5) is 0 Å². The smallest absolute Gasteiger partial charge is 0.161 e. The number of piperidine rings is 1. The Morgan fingerprint density at radius 3 is 2.69 bits per heavy atom. The molecule has 2 aromatic rings. The van der Waals surface area contributed by atoms with E-state index in [0.717, 1.165) is 24.8 Å². The summed E-state index contributed by atoms with van der Waals surface area (Å²) < 4.78 is 5.69. The quantitative estimate of drug-likeness (QED) is 0.669. The van der Waals surface area contributed by atoms with Crippen LogP contribution in [0.1, 0.15) is 55.2 Å². The van der Waals surface area contributed by atoms with Gasteiger partial charge in [-0.1, -0.05) is 36.4 Å². The topological polar surface area (TPSA) is 35.9 Å². The summed E-state index contributed by atoms with van der Waals surface area (Å²) in [6.07, 6.45) is 9.16. The number of likely N-dealkylation sites (tertiary alicyclic amines) is 2. The second-order valence-electron chi connectivity index (χ2n) is 12.7. The maximum absolute atomic E-state index is 11.7. The van der Waals surface area contributed by atoms with E-state index in [1.165, 1.54) is 74.8 Å². The minimum Gasteiger partial charge on any atom is -0.504 e. The van der Waals surface area contributed by atoms with Crippen LogP contribution in [0.5, 0.6) is 11.5 Å². The number of nitrogens with zero attached hydrogens (tertiary/aromatic N) is 2. The van der Waals surface area contributed by atoms with E-state index in [1.54, 1.807) is 7.11 Å². The maximum Gasteiger partial charge on any atom is 0.161 e. The fourth-order valence-electron chi connectivity index (χ4n) is 10.3. The lowest BCUT2D eigenvalue weighted by Gasteiger charge is -2.66. The van der Waals surface area contributed by atoms with Crippen LogP contribution >= 0.6 is 0 Å². The van der Waals surface area contributed by atoms with Gasteiger partial charge in [0.1, 0.15) is 0 Å². The molecule has 0 amide bonds. The third-order valence-electron chi connectivity index (χ3n) is 11.4. The Kier molecular flexibility index (Phi) is 4.37. The summed E-state index contributed by atoms with van der Waals surface area (Å²) in [5, 5.41) is 11.7. The average Bonchev–Trinajstić information content (AvgIpc) is 3.58. The van der Waals surface area contributed by atoms with E-state index >= 15 is 0 Å². The molecule has 2 saturated heterocycles. The first-order valence-electron chi connectivity index (χ1n) is 14.1. The molecule has 6 atom stereocenters. The number of rotatable bonds is 5. The Labute approximate surface area is 209 Å². The summed E-state index contributed by atoms with van der Waals surface area (Å²) in [6.45, 7) is 4.80. The zero-order valence-corrected chi connectivity index (χ0v) is 21.0. The summed E-state index contributed by atoms with van der Waals surface area (Å²) in [7, 11) is 1.71. The van der Waals surface area contributed by atoms with Crippen molar-refractivity contribution < 1.29 is 9.84 Å². The maximum atomic E-state index is 11.7. The largest absolute Gasteiger partial charge is 0.504 e. The number of aromatic hydroxyl groups is 1. The van der Waals surface area contributed by atoms with E-state index in [4.69, 9.17) is 4.74 Å². The highest BCUT2D eigenvalue weighted by atomic mass is 16.5. The van der Waals surface area contributed by atoms with Crippen LogP contribution in [0.3, 0.4) is 0 Å². The molecule has 184 valence electrons. The number of hydrogen-bond donors (Lipinski definition) is 1. The Morgan fingerprint density at radius 1 is 1.03 bits per heavy atom. The van der Waals surface area contributed by atoms with Crippen molar-refractivity contribution in [1.29, 1.82) is 0 Å². The van der Waals surface area contributed by atoms with Gasteiger partial charge in [-0.2, -0.15) is 0 Å². The fraction of sp³-hybridized carbons (Fsp3) is 0.613. The molecule has 4 heteroatoms. The lowest BCUT2D eigenvalue weighted by molar-refractivity contribution is -0.106. The predicted molar refractivity (Wildman–Crippen MR) is 137 cm³/mol. The number of methoxy groups -OCH3 is 1. The van der Waals surface area contributed by atoms with Gasteiger partial charge in [0, 0.05) is 42.7 Å². The van der Waals surface area contributed by atoms with Crippen LogP contribution in [0.15, 0.2) is 42.5 Å². The molecule has 4 bridgehead atoms. The molecule has 4 aliphatic carbocycles. The van der Waals surface area contributed by atoms with Gasteiger partial charge in [0.2, 0.25) is 0 Å². The average molecular weight is 471 g/mol. The normalized spacial score (nSPS) is 39.3. The van der Waals surface area contributed by atoms with Gasteiger partial charge in [-0.05, 0) is 91.9 Å². The molecule has 35 heavy (non-hydrogen) atoms. The van der Waals surface area contributed by atoms with E-state index in [9.17, 15) is 5.11 Å². The Bertz CT molecular complexity index is 1160. The third kappa shape index (κ3) is 2.65. The van der Waals surface area contributed by atoms with Crippen LogP contribution in [-0.2, 0) is 18.4 Å². The zero-order chi connectivity index (χ0) is 23.4. The highest BCUT2D eigenvalue weighted by Gasteiger charge is 2.76. The monoisotopic (exact) mass is 470 g/mol. The first-order valence-corrected chi connectivity index (χ1v) is 14.1. The summed E-state index contributed by atoms with van der Waals surface area (Å²) in [5.74, 6) is 3.47. The van der Waals surface area contributed by atoms with Crippen LogP contribution in [0.2, 0.25) is 0 Å². The molecule has 0 spiro atoms. The van der Waals surface area contributed by atoms with Crippen LogP contribution in [-0.4, -0.2) is 53.7 Å². The van der Waals surface area contributed by atoms with E-state index in [0.29, 0.717) is 34.9 Å². The molecule has 2 aliphatic heterocycles. The lowest BCUT2D eigenvalue weighted by atomic mass is 9.43. The molecular formula is C31H38N2O2. The molecule has 5 unspecified atom stereocenters. The number of phenolic OH excluding ortho intramolecular Hbond substituents is 1. The van der Waals surface area contributed by atoms with Gasteiger partial charge in [0.15, 0.2) is 11.5 Å². The molecule has 2 heterocycles. The zero-order valence-electron chi connectivity index (χ0n) is 21.0. The van der Waals surface area contributed by atoms with Crippen LogP contribution in [0.25, 0.3) is 0 Å². The Morgan fingerprint density at radius 2 is 1.89 bits per heavy atom. The molecule has 0 radical (unpaired) electrons. The van der Waals surface area contributed by atoms with Crippen molar-refractivity contribution in [3.63, 3.8) is 0 Å². The molecule has 4 nitrogen and oxygen atoms in total. The van der Waals surface area contributed by atoms with Gasteiger partial charge in [-0.25, -0.2) is 0 Å². The fourth-order valence-corrected chi connectivity index (χ4v) is 10.3. The summed E-state index contributed by atoms with van der Waals surface area (Å²) >= 11 is 0. The van der Waals surface area contributed by atoms with Gasteiger partial charge in [0.25, 0.3) is 0 Å². The van der Waals surface area contributed by atoms with Gasteiger partial charge >= 0.3 is 0 Å². The highest BCUT2D eigenvalue weighted by molar-refractivity contribution is 5.59. The summed E-state index contributed by atoms with van der Waals surface area (Å²) in [5.41, 5.74) is 4.57. The predicted octanol–water partition coefficient (Wildman–Crippen LogP) is 4.98. The van der Waals surface area contributed by atoms with Crippen LogP contribution < -0.4 is 4.74 Å². The molecule has 6 aliphatic rings. The van der Waals surface area contributed by atoms with Crippen molar-refractivity contribution in [2.45, 2.75) is 69.0 Å². The van der Waals surface area contributed by atoms with Crippen molar-refractivity contribution in [2.24, 2.45) is 23.2 Å². The minimum atomic E-state index is 0.100. The molecule has 5 fully saturated rings. The third-order valence-corrected chi connectivity index (χ3v) is 11.4. The SMILES string of the molecule is COc1ccc2c(c1O)C13CCN(CC4CC4)C(C2)C12CCC1C3[C@@H](CN1Cc1ccccc1)C2. The molecule has 0 aromatic heterocycles. The molecule has 3 saturated carbocycles. The standard InChI is InChI=1S/C31H38N2O2/c1-35-25-10-9-22-15-26-30-12-11-24-27(23(16-30)19-33(24)18-20-5-3-2-4-6-20)31(30,28(22)29(25)34)13-14-32(26)17-21-7-8-21/h2-6,9-10,21,23-24,26-27,34H,7-8,11-19H2,1H3/t23-,24?,26?,27?,30?,31?/m1/s1. The first-order chi connectivity index (χ1) is 17.1. The van der Waals surface area contributed by atoms with Gasteiger partial charge in [-0.3, -0.25) is 9.80 Å². The van der Waals surface area contributed by atoms with Crippen molar-refractivity contribution in [3.8, 4) is 11.5 Å². The number of ether oxygens (including phenoxy) is 1. The van der Waals surface area contributed by atoms with Crippen LogP contribution in [0, 0.1) is 23.2 Å². The molecule has 2 aromatic carbocycles.